The predicted molar refractivity (Wildman–Crippen MR) is 63.5 cm³/mol. The molecule has 0 atom stereocenters. The molecule has 1 N–H and O–H groups in total. The van der Waals surface area contributed by atoms with Gasteiger partial charge >= 0.3 is 0 Å². The summed E-state index contributed by atoms with van der Waals surface area (Å²) in [6.07, 6.45) is 0. The Bertz CT molecular complexity index is 400. The molecule has 86 valence electrons. The van der Waals surface area contributed by atoms with Crippen LogP contribution in [0.4, 0.5) is 0 Å². The Morgan fingerprint density at radius 2 is 2.06 bits per heavy atom. The maximum atomic E-state index is 8.98. The predicted octanol–water partition coefficient (Wildman–Crippen LogP) is 2.35. The first-order valence-electron chi connectivity index (χ1n) is 5.11. The lowest BCUT2D eigenvalue weighted by Gasteiger charge is -2.16. The molecule has 1 aliphatic rings. The van der Waals surface area contributed by atoms with Crippen molar-refractivity contribution >= 4 is 17.3 Å². The molecule has 0 aliphatic carbocycles. The van der Waals surface area contributed by atoms with Crippen LogP contribution in [-0.2, 0) is 11.3 Å². The average Bonchev–Trinajstić information content (AvgIpc) is 2.70. The largest absolute Gasteiger partial charge is 0.476 e. The number of rotatable bonds is 3. The summed E-state index contributed by atoms with van der Waals surface area (Å²) in [7, 11) is 0. The Balaban J connectivity index is 2.32. The fourth-order valence-electron chi connectivity index (χ4n) is 1.78. The highest BCUT2D eigenvalue weighted by molar-refractivity contribution is 6.18. The Labute approximate surface area is 99.9 Å². The first-order chi connectivity index (χ1) is 7.76. The van der Waals surface area contributed by atoms with Crippen molar-refractivity contribution in [2.24, 2.45) is 0 Å². The van der Waals surface area contributed by atoms with E-state index < -0.39 is 0 Å². The van der Waals surface area contributed by atoms with Gasteiger partial charge in [-0.15, -0.1) is 11.6 Å². The zero-order chi connectivity index (χ0) is 11.5. The molecule has 2 rings (SSSR count). The van der Waals surface area contributed by atoms with E-state index in [1.54, 1.807) is 0 Å². The molecule has 0 bridgehead atoms. The fourth-order valence-corrected chi connectivity index (χ4v) is 1.97. The van der Waals surface area contributed by atoms with E-state index in [1.165, 1.54) is 0 Å². The van der Waals surface area contributed by atoms with Gasteiger partial charge in [0, 0.05) is 5.56 Å². The summed E-state index contributed by atoms with van der Waals surface area (Å²) in [5, 5.41) is 8.98. The van der Waals surface area contributed by atoms with Crippen molar-refractivity contribution in [2.75, 3.05) is 12.7 Å². The zero-order valence-corrected chi connectivity index (χ0v) is 9.87. The Morgan fingerprint density at radius 3 is 2.62 bits per heavy atom. The van der Waals surface area contributed by atoms with Crippen LogP contribution >= 0.6 is 11.6 Å². The smallest absolute Gasteiger partial charge is 0.162 e. The molecule has 0 aromatic heterocycles. The normalized spacial score (nSPS) is 15.6. The number of alkyl halides is 1. The van der Waals surface area contributed by atoms with Gasteiger partial charge < -0.3 is 14.7 Å². The van der Waals surface area contributed by atoms with E-state index in [9.17, 15) is 0 Å². The number of hydrogen-bond donors (Lipinski definition) is 1. The van der Waals surface area contributed by atoms with E-state index in [0.717, 1.165) is 22.6 Å². The van der Waals surface area contributed by atoms with Gasteiger partial charge in [0.1, 0.15) is 5.76 Å². The molecule has 0 saturated heterocycles. The molecule has 4 heteroatoms. The van der Waals surface area contributed by atoms with E-state index in [1.807, 2.05) is 36.1 Å². The maximum absolute atomic E-state index is 8.98. The summed E-state index contributed by atoms with van der Waals surface area (Å²) < 4.78 is 5.45. The van der Waals surface area contributed by atoms with Crippen LogP contribution in [0.2, 0.25) is 0 Å². The second kappa shape index (κ2) is 4.76. The molecule has 0 amide bonds. The van der Waals surface area contributed by atoms with Crippen LogP contribution < -0.4 is 0 Å². The first kappa shape index (κ1) is 11.3. The Morgan fingerprint density at radius 1 is 1.38 bits per heavy atom. The lowest BCUT2D eigenvalue weighted by atomic mass is 10.1. The van der Waals surface area contributed by atoms with Gasteiger partial charge in [-0.25, -0.2) is 0 Å². The summed E-state index contributed by atoms with van der Waals surface area (Å²) in [6, 6.07) is 8.16. The van der Waals surface area contributed by atoms with E-state index >= 15 is 0 Å². The minimum absolute atomic E-state index is 0.0635. The molecule has 0 unspecified atom stereocenters. The number of aliphatic hydroxyl groups excluding tert-OH is 1. The second-order valence-corrected chi connectivity index (χ2v) is 3.93. The van der Waals surface area contributed by atoms with Crippen LogP contribution in [0.5, 0.6) is 0 Å². The average molecular weight is 240 g/mol. The minimum Gasteiger partial charge on any atom is -0.476 e. The molecule has 16 heavy (non-hydrogen) atoms. The number of hydrogen-bond acceptors (Lipinski definition) is 3. The molecule has 0 fully saturated rings. The van der Waals surface area contributed by atoms with Crippen molar-refractivity contribution in [1.82, 2.24) is 4.90 Å². The summed E-state index contributed by atoms with van der Waals surface area (Å²) in [6.45, 7) is 2.50. The summed E-state index contributed by atoms with van der Waals surface area (Å²) in [5.41, 5.74) is 2.99. The van der Waals surface area contributed by atoms with Crippen molar-refractivity contribution in [1.29, 1.82) is 0 Å². The number of ether oxygens (including phenoxy) is 1. The molecular formula is C12H14ClNO2. The van der Waals surface area contributed by atoms with Gasteiger partial charge in [0.15, 0.2) is 6.73 Å². The van der Waals surface area contributed by atoms with Gasteiger partial charge in [0.2, 0.25) is 0 Å². The van der Waals surface area contributed by atoms with Crippen LogP contribution in [-0.4, -0.2) is 22.7 Å². The van der Waals surface area contributed by atoms with Crippen molar-refractivity contribution in [3.63, 3.8) is 0 Å². The van der Waals surface area contributed by atoms with Crippen molar-refractivity contribution in [3.8, 4) is 0 Å². The number of benzene rings is 1. The third kappa shape index (κ3) is 2.01. The highest BCUT2D eigenvalue weighted by atomic mass is 35.5. The van der Waals surface area contributed by atoms with E-state index in [4.69, 9.17) is 21.4 Å². The number of halogens is 1. The SMILES string of the molecule is CC1=C(c2ccc(CO)cc2)N(CCl)CO1. The van der Waals surface area contributed by atoms with Crippen LogP contribution in [0, 0.1) is 0 Å². The van der Waals surface area contributed by atoms with Gasteiger partial charge in [0.25, 0.3) is 0 Å². The van der Waals surface area contributed by atoms with Crippen molar-refractivity contribution in [3.05, 3.63) is 41.2 Å². The first-order valence-corrected chi connectivity index (χ1v) is 5.64. The molecule has 1 aromatic rings. The van der Waals surface area contributed by atoms with Crippen LogP contribution in [0.15, 0.2) is 30.0 Å². The number of allylic oxidation sites excluding steroid dienone is 1. The van der Waals surface area contributed by atoms with Crippen molar-refractivity contribution in [2.45, 2.75) is 13.5 Å². The second-order valence-electron chi connectivity index (χ2n) is 3.69. The van der Waals surface area contributed by atoms with Gasteiger partial charge in [-0.3, -0.25) is 0 Å². The molecule has 1 aliphatic heterocycles. The molecule has 1 heterocycles. The van der Waals surface area contributed by atoms with Crippen LogP contribution in [0.1, 0.15) is 18.1 Å². The fraction of sp³-hybridized carbons (Fsp3) is 0.333. The van der Waals surface area contributed by atoms with Crippen LogP contribution in [0.25, 0.3) is 5.70 Å². The Kier molecular flexibility index (Phi) is 3.36. The standard InChI is InChI=1S/C12H14ClNO2/c1-9-12(14(7-13)8-16-9)11-4-2-10(6-15)3-5-11/h2-5,15H,6-8H2,1H3. The van der Waals surface area contributed by atoms with Gasteiger partial charge in [-0.1, -0.05) is 24.3 Å². The van der Waals surface area contributed by atoms with Gasteiger partial charge in [-0.05, 0) is 12.5 Å². The third-order valence-corrected chi connectivity index (χ3v) is 2.93. The monoisotopic (exact) mass is 239 g/mol. The lowest BCUT2D eigenvalue weighted by Crippen LogP contribution is -2.17. The van der Waals surface area contributed by atoms with Crippen molar-refractivity contribution < 1.29 is 9.84 Å². The zero-order valence-electron chi connectivity index (χ0n) is 9.11. The third-order valence-electron chi connectivity index (χ3n) is 2.64. The van der Waals surface area contributed by atoms with Gasteiger partial charge in [0.05, 0.1) is 18.3 Å². The molecule has 0 saturated carbocycles. The van der Waals surface area contributed by atoms with E-state index in [2.05, 4.69) is 0 Å². The Hall–Kier alpha value is -1.19. The molecule has 0 spiro atoms. The van der Waals surface area contributed by atoms with Crippen LogP contribution in [0.3, 0.4) is 0 Å². The van der Waals surface area contributed by atoms with Gasteiger partial charge in [-0.2, -0.15) is 0 Å². The number of aliphatic hydroxyl groups is 1. The lowest BCUT2D eigenvalue weighted by molar-refractivity contribution is 0.168. The maximum Gasteiger partial charge on any atom is 0.162 e. The summed E-state index contributed by atoms with van der Waals surface area (Å²) in [5.74, 6) is 0.886. The number of nitrogens with zero attached hydrogens (tertiary/aromatic N) is 1. The van der Waals surface area contributed by atoms with E-state index in [-0.39, 0.29) is 6.61 Å². The summed E-state index contributed by atoms with van der Waals surface area (Å²) in [4.78, 5) is 1.96. The van der Waals surface area contributed by atoms with E-state index in [0.29, 0.717) is 12.7 Å². The molecule has 3 nitrogen and oxygen atoms in total. The minimum atomic E-state index is 0.0635. The molecule has 0 radical (unpaired) electrons. The summed E-state index contributed by atoms with van der Waals surface area (Å²) >= 11 is 5.85. The highest BCUT2D eigenvalue weighted by Crippen LogP contribution is 2.29. The molecule has 1 aromatic carbocycles. The topological polar surface area (TPSA) is 32.7 Å². The quantitative estimate of drug-likeness (QED) is 0.649. The highest BCUT2D eigenvalue weighted by Gasteiger charge is 2.21. The molecular weight excluding hydrogens is 226 g/mol.